The number of carbonyl (C=O) groups excluding carboxylic acids is 1. The molecule has 16 heavy (non-hydrogen) atoms. The van der Waals surface area contributed by atoms with Gasteiger partial charge in [-0.2, -0.15) is 0 Å². The lowest BCUT2D eigenvalue weighted by Crippen LogP contribution is -2.32. The Bertz CT molecular complexity index is 360. The van der Waals surface area contributed by atoms with Crippen LogP contribution in [0.5, 0.6) is 0 Å². The fraction of sp³-hybridized carbons (Fsp3) is 0.583. The quantitative estimate of drug-likeness (QED) is 0.857. The van der Waals surface area contributed by atoms with E-state index in [-0.39, 0.29) is 12.5 Å². The SMILES string of the molecule is CCc1cc(C(=O)N(CC)CCO)sc1C. The summed E-state index contributed by atoms with van der Waals surface area (Å²) in [5, 5.41) is 8.88. The number of hydrogen-bond donors (Lipinski definition) is 1. The van der Waals surface area contributed by atoms with Gasteiger partial charge in [-0.05, 0) is 31.9 Å². The Hall–Kier alpha value is -0.870. The van der Waals surface area contributed by atoms with Crippen LogP contribution >= 0.6 is 11.3 Å². The van der Waals surface area contributed by atoms with Crippen molar-refractivity contribution in [2.45, 2.75) is 27.2 Å². The van der Waals surface area contributed by atoms with Crippen molar-refractivity contribution in [3.8, 4) is 0 Å². The lowest BCUT2D eigenvalue weighted by Gasteiger charge is -2.18. The van der Waals surface area contributed by atoms with E-state index in [1.807, 2.05) is 19.9 Å². The highest BCUT2D eigenvalue weighted by molar-refractivity contribution is 7.14. The second-order valence-corrected chi connectivity index (χ2v) is 4.91. The number of amides is 1. The van der Waals surface area contributed by atoms with Crippen LogP contribution in [0, 0.1) is 6.92 Å². The summed E-state index contributed by atoms with van der Waals surface area (Å²) in [6, 6.07) is 1.97. The second-order valence-electron chi connectivity index (χ2n) is 3.65. The molecule has 0 saturated heterocycles. The van der Waals surface area contributed by atoms with Crippen LogP contribution in [-0.4, -0.2) is 35.6 Å². The third-order valence-electron chi connectivity index (χ3n) is 2.65. The van der Waals surface area contributed by atoms with Crippen LogP contribution in [-0.2, 0) is 6.42 Å². The zero-order chi connectivity index (χ0) is 12.1. The number of aryl methyl sites for hydroxylation is 2. The molecule has 4 heteroatoms. The summed E-state index contributed by atoms with van der Waals surface area (Å²) in [6.07, 6.45) is 0.960. The third kappa shape index (κ3) is 2.83. The van der Waals surface area contributed by atoms with Gasteiger partial charge in [0.05, 0.1) is 11.5 Å². The number of rotatable bonds is 5. The minimum atomic E-state index is 0.0184. The van der Waals surface area contributed by atoms with E-state index in [1.165, 1.54) is 10.4 Å². The van der Waals surface area contributed by atoms with Crippen LogP contribution < -0.4 is 0 Å². The van der Waals surface area contributed by atoms with Gasteiger partial charge in [-0.3, -0.25) is 4.79 Å². The van der Waals surface area contributed by atoms with Gasteiger partial charge in [0.1, 0.15) is 0 Å². The molecule has 1 rings (SSSR count). The molecule has 0 atom stereocenters. The van der Waals surface area contributed by atoms with E-state index in [1.54, 1.807) is 16.2 Å². The molecular formula is C12H19NO2S. The van der Waals surface area contributed by atoms with Gasteiger partial charge in [0, 0.05) is 18.0 Å². The summed E-state index contributed by atoms with van der Waals surface area (Å²) >= 11 is 1.54. The lowest BCUT2D eigenvalue weighted by molar-refractivity contribution is 0.0737. The average molecular weight is 241 g/mol. The van der Waals surface area contributed by atoms with Crippen LogP contribution in [0.2, 0.25) is 0 Å². The predicted molar refractivity (Wildman–Crippen MR) is 67.1 cm³/mol. The van der Waals surface area contributed by atoms with E-state index in [9.17, 15) is 4.79 Å². The van der Waals surface area contributed by atoms with Gasteiger partial charge in [-0.25, -0.2) is 0 Å². The van der Waals surface area contributed by atoms with Gasteiger partial charge in [0.25, 0.3) is 5.91 Å². The molecule has 0 saturated carbocycles. The maximum Gasteiger partial charge on any atom is 0.264 e. The first-order chi connectivity index (χ1) is 7.63. The van der Waals surface area contributed by atoms with Gasteiger partial charge in [0.15, 0.2) is 0 Å². The first kappa shape index (κ1) is 13.2. The summed E-state index contributed by atoms with van der Waals surface area (Å²) in [5.74, 6) is 0.0318. The lowest BCUT2D eigenvalue weighted by atomic mass is 10.2. The van der Waals surface area contributed by atoms with Gasteiger partial charge in [0.2, 0.25) is 0 Å². The predicted octanol–water partition coefficient (Wildman–Crippen LogP) is 2.07. The molecule has 1 aromatic rings. The topological polar surface area (TPSA) is 40.5 Å². The summed E-state index contributed by atoms with van der Waals surface area (Å²) in [7, 11) is 0. The molecule has 0 bridgehead atoms. The Morgan fingerprint density at radius 2 is 2.19 bits per heavy atom. The molecule has 1 aromatic heterocycles. The average Bonchev–Trinajstić information content (AvgIpc) is 2.66. The number of hydrogen-bond acceptors (Lipinski definition) is 3. The minimum absolute atomic E-state index is 0.0184. The van der Waals surface area contributed by atoms with E-state index in [2.05, 4.69) is 6.92 Å². The van der Waals surface area contributed by atoms with Crippen molar-refractivity contribution in [3.63, 3.8) is 0 Å². The fourth-order valence-corrected chi connectivity index (χ4v) is 2.74. The molecule has 1 amide bonds. The van der Waals surface area contributed by atoms with Crippen LogP contribution in [0.15, 0.2) is 6.07 Å². The molecule has 1 heterocycles. The van der Waals surface area contributed by atoms with Crippen LogP contribution in [0.1, 0.15) is 34.0 Å². The number of aliphatic hydroxyl groups excluding tert-OH is 1. The van der Waals surface area contributed by atoms with Crippen molar-refractivity contribution in [2.24, 2.45) is 0 Å². The van der Waals surface area contributed by atoms with Gasteiger partial charge < -0.3 is 10.0 Å². The maximum absolute atomic E-state index is 12.1. The zero-order valence-corrected chi connectivity index (χ0v) is 10.9. The molecule has 90 valence electrons. The molecule has 0 unspecified atom stereocenters. The van der Waals surface area contributed by atoms with Gasteiger partial charge in [-0.15, -0.1) is 11.3 Å². The van der Waals surface area contributed by atoms with Crippen molar-refractivity contribution < 1.29 is 9.90 Å². The van der Waals surface area contributed by atoms with Crippen LogP contribution in [0.3, 0.4) is 0 Å². The van der Waals surface area contributed by atoms with E-state index in [0.717, 1.165) is 11.3 Å². The highest BCUT2D eigenvalue weighted by atomic mass is 32.1. The Kier molecular flexibility index (Phi) is 4.96. The number of thiophene rings is 1. The first-order valence-electron chi connectivity index (χ1n) is 5.63. The molecule has 0 aliphatic carbocycles. The number of carbonyl (C=O) groups is 1. The first-order valence-corrected chi connectivity index (χ1v) is 6.45. The highest BCUT2D eigenvalue weighted by Crippen LogP contribution is 2.23. The van der Waals surface area contributed by atoms with Crippen molar-refractivity contribution >= 4 is 17.2 Å². The fourth-order valence-electron chi connectivity index (χ4n) is 1.66. The van der Waals surface area contributed by atoms with Crippen molar-refractivity contribution in [3.05, 3.63) is 21.4 Å². The maximum atomic E-state index is 12.1. The molecule has 0 spiro atoms. The van der Waals surface area contributed by atoms with E-state index in [0.29, 0.717) is 13.1 Å². The monoisotopic (exact) mass is 241 g/mol. The smallest absolute Gasteiger partial charge is 0.264 e. The molecule has 3 nitrogen and oxygen atoms in total. The summed E-state index contributed by atoms with van der Waals surface area (Å²) in [6.45, 7) is 7.13. The largest absolute Gasteiger partial charge is 0.395 e. The van der Waals surface area contributed by atoms with Crippen molar-refractivity contribution in [2.75, 3.05) is 19.7 Å². The number of aliphatic hydroxyl groups is 1. The Labute approximate surface area is 101 Å². The summed E-state index contributed by atoms with van der Waals surface area (Å²) < 4.78 is 0. The normalized spacial score (nSPS) is 10.5. The minimum Gasteiger partial charge on any atom is -0.395 e. The van der Waals surface area contributed by atoms with Crippen LogP contribution in [0.25, 0.3) is 0 Å². The molecule has 0 aliphatic rings. The Morgan fingerprint density at radius 1 is 1.50 bits per heavy atom. The molecule has 0 aliphatic heterocycles. The van der Waals surface area contributed by atoms with Crippen molar-refractivity contribution in [1.82, 2.24) is 4.90 Å². The van der Waals surface area contributed by atoms with E-state index >= 15 is 0 Å². The molecule has 0 fully saturated rings. The molecular weight excluding hydrogens is 222 g/mol. The second kappa shape index (κ2) is 6.01. The standard InChI is InChI=1S/C12H19NO2S/c1-4-10-8-11(16-9(10)3)12(15)13(5-2)6-7-14/h8,14H,4-7H2,1-3H3. The summed E-state index contributed by atoms with van der Waals surface area (Å²) in [5.41, 5.74) is 1.24. The number of nitrogens with zero attached hydrogens (tertiary/aromatic N) is 1. The number of likely N-dealkylation sites (N-methyl/N-ethyl adjacent to an activating group) is 1. The zero-order valence-electron chi connectivity index (χ0n) is 10.1. The van der Waals surface area contributed by atoms with Gasteiger partial charge in [-0.1, -0.05) is 6.92 Å². The Balaban J connectivity index is 2.86. The van der Waals surface area contributed by atoms with Crippen molar-refractivity contribution in [1.29, 1.82) is 0 Å². The highest BCUT2D eigenvalue weighted by Gasteiger charge is 2.16. The van der Waals surface area contributed by atoms with E-state index < -0.39 is 0 Å². The summed E-state index contributed by atoms with van der Waals surface area (Å²) in [4.78, 5) is 15.7. The third-order valence-corrected chi connectivity index (χ3v) is 3.73. The molecule has 1 N–H and O–H groups in total. The Morgan fingerprint density at radius 3 is 2.62 bits per heavy atom. The molecule has 0 aromatic carbocycles. The van der Waals surface area contributed by atoms with Gasteiger partial charge >= 0.3 is 0 Å². The van der Waals surface area contributed by atoms with E-state index in [4.69, 9.17) is 5.11 Å². The molecule has 0 radical (unpaired) electrons. The van der Waals surface area contributed by atoms with Crippen LogP contribution in [0.4, 0.5) is 0 Å².